The van der Waals surface area contributed by atoms with Crippen LogP contribution in [0.2, 0.25) is 0 Å². The SMILES string of the molecule is C/C=C1/C(N2CCC3(CC2)Cc2cc(C)ncc2C3N)=NC=CN1C/C(=C/C=C\CCC)C(Cl)=C(C)C. The molecule has 3 aliphatic rings. The predicted molar refractivity (Wildman–Crippen MR) is 156 cm³/mol. The molecule has 1 aliphatic carbocycles. The predicted octanol–water partition coefficient (Wildman–Crippen LogP) is 6.93. The first-order valence-electron chi connectivity index (χ1n) is 13.6. The van der Waals surface area contributed by atoms with Crippen molar-refractivity contribution in [1.29, 1.82) is 0 Å². The molecule has 6 heteroatoms. The van der Waals surface area contributed by atoms with Gasteiger partial charge >= 0.3 is 0 Å². The molecule has 1 aromatic rings. The number of rotatable bonds is 6. The number of pyridine rings is 1. The maximum absolute atomic E-state index is 6.82. The first-order valence-corrected chi connectivity index (χ1v) is 14.0. The van der Waals surface area contributed by atoms with E-state index in [1.54, 1.807) is 0 Å². The molecule has 5 nitrogen and oxygen atoms in total. The van der Waals surface area contributed by atoms with Crippen LogP contribution >= 0.6 is 11.6 Å². The molecule has 37 heavy (non-hydrogen) atoms. The summed E-state index contributed by atoms with van der Waals surface area (Å²) in [5.41, 5.74) is 14.0. The van der Waals surface area contributed by atoms with Crippen LogP contribution in [0.4, 0.5) is 0 Å². The van der Waals surface area contributed by atoms with Gasteiger partial charge in [-0.25, -0.2) is 4.99 Å². The third-order valence-electron chi connectivity index (χ3n) is 7.96. The quantitative estimate of drug-likeness (QED) is 0.414. The molecule has 0 saturated carbocycles. The Kier molecular flexibility index (Phi) is 8.76. The molecule has 0 radical (unpaired) electrons. The van der Waals surface area contributed by atoms with E-state index in [1.165, 1.54) is 11.1 Å². The number of aryl methyl sites for hydroxylation is 1. The molecule has 0 aromatic carbocycles. The van der Waals surface area contributed by atoms with Gasteiger partial charge in [-0.15, -0.1) is 0 Å². The summed E-state index contributed by atoms with van der Waals surface area (Å²) in [5.74, 6) is 1.04. The molecular weight excluding hydrogens is 478 g/mol. The maximum Gasteiger partial charge on any atom is 0.152 e. The van der Waals surface area contributed by atoms with E-state index < -0.39 is 0 Å². The Morgan fingerprint density at radius 1 is 1.27 bits per heavy atom. The van der Waals surface area contributed by atoms with Crippen LogP contribution in [0, 0.1) is 12.3 Å². The molecule has 1 saturated heterocycles. The van der Waals surface area contributed by atoms with Gasteiger partial charge in [-0.3, -0.25) is 4.98 Å². The maximum atomic E-state index is 6.82. The Labute approximate surface area is 228 Å². The molecule has 0 amide bonds. The fourth-order valence-corrected chi connectivity index (χ4v) is 5.94. The van der Waals surface area contributed by atoms with E-state index in [2.05, 4.69) is 86.0 Å². The third-order valence-corrected chi connectivity index (χ3v) is 8.58. The van der Waals surface area contributed by atoms with Crippen LogP contribution in [-0.2, 0) is 6.42 Å². The number of fused-ring (bicyclic) bond motifs is 1. The summed E-state index contributed by atoms with van der Waals surface area (Å²) in [6.45, 7) is 13.1. The van der Waals surface area contributed by atoms with E-state index in [4.69, 9.17) is 22.3 Å². The number of allylic oxidation sites excluding steroid dienone is 5. The summed E-state index contributed by atoms with van der Waals surface area (Å²) < 4.78 is 0. The highest BCUT2D eigenvalue weighted by Crippen LogP contribution is 2.50. The largest absolute Gasteiger partial charge is 0.355 e. The number of nitrogens with zero attached hydrogens (tertiary/aromatic N) is 4. The van der Waals surface area contributed by atoms with Gasteiger partial charge in [0.1, 0.15) is 0 Å². The van der Waals surface area contributed by atoms with Crippen LogP contribution in [0.25, 0.3) is 0 Å². The molecule has 1 atom stereocenters. The molecular formula is C31H42ClN5. The van der Waals surface area contributed by atoms with Crippen LogP contribution in [0.15, 0.2) is 75.8 Å². The molecule has 2 aliphatic heterocycles. The Balaban J connectivity index is 1.48. The Morgan fingerprint density at radius 3 is 2.70 bits per heavy atom. The van der Waals surface area contributed by atoms with Crippen molar-refractivity contribution in [3.8, 4) is 0 Å². The molecule has 1 aromatic heterocycles. The van der Waals surface area contributed by atoms with Gasteiger partial charge in [-0.2, -0.15) is 0 Å². The molecule has 4 rings (SSSR count). The number of amidine groups is 1. The minimum Gasteiger partial charge on any atom is -0.355 e. The zero-order valence-corrected chi connectivity index (χ0v) is 23.9. The fraction of sp³-hybridized carbons (Fsp3) is 0.484. The van der Waals surface area contributed by atoms with Gasteiger partial charge in [0.25, 0.3) is 0 Å². The van der Waals surface area contributed by atoms with Gasteiger partial charge in [-0.1, -0.05) is 54.8 Å². The second kappa shape index (κ2) is 11.8. The van der Waals surface area contributed by atoms with E-state index in [0.29, 0.717) is 6.54 Å². The van der Waals surface area contributed by atoms with E-state index in [-0.39, 0.29) is 11.5 Å². The lowest BCUT2D eigenvalue weighted by Crippen LogP contribution is -2.48. The van der Waals surface area contributed by atoms with Crippen molar-refractivity contribution in [3.63, 3.8) is 0 Å². The zero-order valence-electron chi connectivity index (χ0n) is 23.1. The number of piperidine rings is 1. The van der Waals surface area contributed by atoms with E-state index >= 15 is 0 Å². The molecule has 1 spiro atoms. The molecule has 1 unspecified atom stereocenters. The van der Waals surface area contributed by atoms with Crippen molar-refractivity contribution < 1.29 is 0 Å². The number of aliphatic imine (C=N–C) groups is 1. The number of halogens is 1. The van der Waals surface area contributed by atoms with Gasteiger partial charge in [0.15, 0.2) is 5.84 Å². The summed E-state index contributed by atoms with van der Waals surface area (Å²) in [4.78, 5) is 14.1. The summed E-state index contributed by atoms with van der Waals surface area (Å²) in [6.07, 6.45) is 20.0. The number of hydrogen-bond acceptors (Lipinski definition) is 5. The number of aromatic nitrogens is 1. The lowest BCUT2D eigenvalue weighted by molar-refractivity contribution is 0.127. The number of likely N-dealkylation sites (tertiary alicyclic amines) is 1. The average molecular weight is 520 g/mol. The van der Waals surface area contributed by atoms with Gasteiger partial charge in [-0.05, 0) is 81.6 Å². The van der Waals surface area contributed by atoms with Crippen molar-refractivity contribution >= 4 is 17.4 Å². The molecule has 0 bridgehead atoms. The van der Waals surface area contributed by atoms with Crippen molar-refractivity contribution in [2.75, 3.05) is 19.6 Å². The van der Waals surface area contributed by atoms with Crippen LogP contribution in [0.1, 0.15) is 76.2 Å². The second-order valence-electron chi connectivity index (χ2n) is 10.8. The van der Waals surface area contributed by atoms with Crippen molar-refractivity contribution in [1.82, 2.24) is 14.8 Å². The number of hydrogen-bond donors (Lipinski definition) is 1. The summed E-state index contributed by atoms with van der Waals surface area (Å²) in [7, 11) is 0. The van der Waals surface area contributed by atoms with Crippen LogP contribution < -0.4 is 5.73 Å². The summed E-state index contributed by atoms with van der Waals surface area (Å²) >= 11 is 6.77. The monoisotopic (exact) mass is 519 g/mol. The Bertz CT molecular complexity index is 1170. The van der Waals surface area contributed by atoms with Gasteiger partial charge < -0.3 is 15.5 Å². The lowest BCUT2D eigenvalue weighted by Gasteiger charge is -2.44. The number of nitrogens with two attached hydrogens (primary N) is 1. The van der Waals surface area contributed by atoms with Crippen molar-refractivity contribution in [2.45, 2.75) is 72.8 Å². The van der Waals surface area contributed by atoms with Gasteiger partial charge in [0.05, 0.1) is 5.70 Å². The first kappa shape index (κ1) is 27.4. The summed E-state index contributed by atoms with van der Waals surface area (Å²) in [6, 6.07) is 2.28. The Morgan fingerprint density at radius 2 is 2.03 bits per heavy atom. The normalized spacial score (nSPS) is 22.2. The topological polar surface area (TPSA) is 57.8 Å². The van der Waals surface area contributed by atoms with E-state index in [1.807, 2.05) is 12.4 Å². The third kappa shape index (κ3) is 5.78. The number of unbranched alkanes of at least 4 members (excludes halogenated alkanes) is 1. The smallest absolute Gasteiger partial charge is 0.152 e. The van der Waals surface area contributed by atoms with Gasteiger partial charge in [0, 0.05) is 55.0 Å². The van der Waals surface area contributed by atoms with Gasteiger partial charge in [0.2, 0.25) is 0 Å². The van der Waals surface area contributed by atoms with E-state index in [0.717, 1.165) is 78.6 Å². The molecule has 1 fully saturated rings. The van der Waals surface area contributed by atoms with Crippen molar-refractivity contribution in [2.24, 2.45) is 16.1 Å². The summed E-state index contributed by atoms with van der Waals surface area (Å²) in [5, 5.41) is 0.827. The first-order chi connectivity index (χ1) is 17.8. The van der Waals surface area contributed by atoms with Crippen LogP contribution in [0.5, 0.6) is 0 Å². The minimum absolute atomic E-state index is 0.0586. The average Bonchev–Trinajstić information content (AvgIpc) is 3.15. The lowest BCUT2D eigenvalue weighted by atomic mass is 9.73. The highest BCUT2D eigenvalue weighted by atomic mass is 35.5. The highest BCUT2D eigenvalue weighted by molar-refractivity contribution is 6.32. The minimum atomic E-state index is 0.0586. The Hall–Kier alpha value is -2.63. The molecule has 198 valence electrons. The fourth-order valence-electron chi connectivity index (χ4n) is 5.81. The second-order valence-corrected chi connectivity index (χ2v) is 11.2. The van der Waals surface area contributed by atoms with Crippen LogP contribution in [0.3, 0.4) is 0 Å². The molecule has 2 N–H and O–H groups in total. The molecule has 3 heterocycles. The standard InChI is InChI=1S/C31H42ClN5/c1-6-8-9-10-11-24(28(32)22(3)4)21-37-17-14-34-30(27(37)7-2)36-15-12-31(13-16-36)19-25-18-23(5)35-20-26(25)29(31)33/h7,9-11,14,17-18,20,29H,6,8,12-13,15-16,19,21,33H2,1-5H3/b10-9-,24-11-,27-7-. The zero-order chi connectivity index (χ0) is 26.6. The van der Waals surface area contributed by atoms with Crippen LogP contribution in [-0.4, -0.2) is 40.3 Å². The van der Waals surface area contributed by atoms with Crippen molar-refractivity contribution in [3.05, 3.63) is 87.7 Å². The van der Waals surface area contributed by atoms with E-state index in [9.17, 15) is 0 Å². The highest BCUT2D eigenvalue weighted by Gasteiger charge is 2.46.